The lowest BCUT2D eigenvalue weighted by Gasteiger charge is -2.31. The third-order valence-corrected chi connectivity index (χ3v) is 4.79. The molecule has 1 N–H and O–H groups in total. The molecule has 0 spiro atoms. The van der Waals surface area contributed by atoms with Crippen molar-refractivity contribution < 1.29 is 14.1 Å². The summed E-state index contributed by atoms with van der Waals surface area (Å²) in [6.07, 6.45) is 0. The summed E-state index contributed by atoms with van der Waals surface area (Å²) in [6, 6.07) is 12.5. The van der Waals surface area contributed by atoms with Crippen LogP contribution in [-0.4, -0.2) is 42.4 Å². The molecule has 1 aliphatic heterocycles. The molecular weight excluding hydrogens is 380 g/mol. The maximum Gasteiger partial charge on any atom is 0.257 e. The van der Waals surface area contributed by atoms with E-state index in [1.165, 1.54) is 0 Å². The number of morpholine rings is 1. The molecule has 0 aliphatic carbocycles. The quantitative estimate of drug-likeness (QED) is 0.720. The Labute approximate surface area is 167 Å². The van der Waals surface area contributed by atoms with Gasteiger partial charge in [0.15, 0.2) is 5.82 Å². The third kappa shape index (κ3) is 3.85. The number of rotatable bonds is 4. The van der Waals surface area contributed by atoms with E-state index in [4.69, 9.17) is 20.9 Å². The molecule has 0 unspecified atom stereocenters. The summed E-state index contributed by atoms with van der Waals surface area (Å²) in [5.74, 6) is 0.771. The van der Waals surface area contributed by atoms with Crippen molar-refractivity contribution >= 4 is 28.9 Å². The van der Waals surface area contributed by atoms with E-state index in [-0.39, 0.29) is 5.91 Å². The Kier molecular flexibility index (Phi) is 5.27. The molecule has 0 atom stereocenters. The number of anilines is 2. The van der Waals surface area contributed by atoms with Crippen LogP contribution in [0.5, 0.6) is 0 Å². The van der Waals surface area contributed by atoms with Crippen molar-refractivity contribution in [1.29, 1.82) is 0 Å². The molecule has 2 heterocycles. The predicted octanol–water partition coefficient (Wildman–Crippen LogP) is 3.79. The zero-order valence-electron chi connectivity index (χ0n) is 15.3. The van der Waals surface area contributed by atoms with Crippen LogP contribution in [0, 0.1) is 6.92 Å². The SMILES string of the molecule is Cc1noc(-c2ccc(C(=O)Nc3cccc(Cl)c3N3CCOCC3)cc2)n1. The average molecular weight is 399 g/mol. The van der Waals surface area contributed by atoms with Crippen LogP contribution in [0.15, 0.2) is 47.0 Å². The molecule has 1 saturated heterocycles. The van der Waals surface area contributed by atoms with Gasteiger partial charge in [-0.25, -0.2) is 0 Å². The summed E-state index contributed by atoms with van der Waals surface area (Å²) in [7, 11) is 0. The highest BCUT2D eigenvalue weighted by molar-refractivity contribution is 6.34. The van der Waals surface area contributed by atoms with E-state index in [1.54, 1.807) is 31.2 Å². The predicted molar refractivity (Wildman–Crippen MR) is 107 cm³/mol. The first-order valence-electron chi connectivity index (χ1n) is 8.95. The first-order chi connectivity index (χ1) is 13.6. The van der Waals surface area contributed by atoms with E-state index < -0.39 is 0 Å². The van der Waals surface area contributed by atoms with Crippen molar-refractivity contribution in [3.05, 3.63) is 58.9 Å². The van der Waals surface area contributed by atoms with Gasteiger partial charge in [0.25, 0.3) is 11.8 Å². The summed E-state index contributed by atoms with van der Waals surface area (Å²) < 4.78 is 10.6. The number of carbonyl (C=O) groups is 1. The van der Waals surface area contributed by atoms with Gasteiger partial charge in [-0.2, -0.15) is 4.98 Å². The summed E-state index contributed by atoms with van der Waals surface area (Å²) in [6.45, 7) is 4.48. The number of hydrogen-bond donors (Lipinski definition) is 1. The van der Waals surface area contributed by atoms with Crippen molar-refractivity contribution in [2.75, 3.05) is 36.5 Å². The monoisotopic (exact) mass is 398 g/mol. The highest BCUT2D eigenvalue weighted by atomic mass is 35.5. The number of amides is 1. The fourth-order valence-electron chi connectivity index (χ4n) is 3.10. The number of aryl methyl sites for hydroxylation is 1. The van der Waals surface area contributed by atoms with Gasteiger partial charge in [-0.05, 0) is 43.3 Å². The minimum atomic E-state index is -0.218. The topological polar surface area (TPSA) is 80.5 Å². The average Bonchev–Trinajstić information content (AvgIpc) is 3.15. The third-order valence-electron chi connectivity index (χ3n) is 4.48. The molecule has 144 valence electrons. The standard InChI is InChI=1S/C20H19ClN4O3/c1-13-22-20(28-24-13)15-7-5-14(6-8-15)19(26)23-17-4-2-3-16(21)18(17)25-9-11-27-12-10-25/h2-8H,9-12H2,1H3,(H,23,26). The Hall–Kier alpha value is -2.90. The highest BCUT2D eigenvalue weighted by Gasteiger charge is 2.19. The van der Waals surface area contributed by atoms with Gasteiger partial charge in [0, 0.05) is 24.2 Å². The highest BCUT2D eigenvalue weighted by Crippen LogP contribution is 2.34. The van der Waals surface area contributed by atoms with E-state index in [1.807, 2.05) is 18.2 Å². The number of nitrogens with zero attached hydrogens (tertiary/aromatic N) is 3. The van der Waals surface area contributed by atoms with Crippen LogP contribution in [0.1, 0.15) is 16.2 Å². The fraction of sp³-hybridized carbons (Fsp3) is 0.250. The number of para-hydroxylation sites is 1. The van der Waals surface area contributed by atoms with Crippen LogP contribution in [0.4, 0.5) is 11.4 Å². The van der Waals surface area contributed by atoms with Gasteiger partial charge in [-0.3, -0.25) is 4.79 Å². The second-order valence-corrected chi connectivity index (χ2v) is 6.82. The first kappa shape index (κ1) is 18.5. The Bertz CT molecular complexity index is 981. The largest absolute Gasteiger partial charge is 0.378 e. The number of ether oxygens (including phenoxy) is 1. The maximum atomic E-state index is 12.8. The number of carbonyl (C=O) groups excluding carboxylic acids is 1. The van der Waals surface area contributed by atoms with Gasteiger partial charge >= 0.3 is 0 Å². The summed E-state index contributed by atoms with van der Waals surface area (Å²) >= 11 is 6.43. The Morgan fingerprint density at radius 3 is 2.57 bits per heavy atom. The van der Waals surface area contributed by atoms with Crippen molar-refractivity contribution in [1.82, 2.24) is 10.1 Å². The van der Waals surface area contributed by atoms with Gasteiger partial charge in [0.2, 0.25) is 0 Å². The summed E-state index contributed by atoms with van der Waals surface area (Å²) in [4.78, 5) is 19.1. The van der Waals surface area contributed by atoms with Gasteiger partial charge in [-0.1, -0.05) is 22.8 Å². The smallest absolute Gasteiger partial charge is 0.257 e. The lowest BCUT2D eigenvalue weighted by Crippen LogP contribution is -2.37. The molecule has 1 aliphatic rings. The van der Waals surface area contributed by atoms with E-state index in [9.17, 15) is 4.79 Å². The number of nitrogens with one attached hydrogen (secondary N) is 1. The normalized spacial score (nSPS) is 14.1. The fourth-order valence-corrected chi connectivity index (χ4v) is 3.39. The first-order valence-corrected chi connectivity index (χ1v) is 9.33. The molecule has 2 aromatic carbocycles. The molecule has 1 fully saturated rings. The van der Waals surface area contributed by atoms with Crippen LogP contribution in [0.25, 0.3) is 11.5 Å². The number of benzene rings is 2. The molecule has 28 heavy (non-hydrogen) atoms. The summed E-state index contributed by atoms with van der Waals surface area (Å²) in [5, 5.41) is 7.35. The molecule has 0 radical (unpaired) electrons. The maximum absolute atomic E-state index is 12.8. The van der Waals surface area contributed by atoms with Crippen LogP contribution in [0.2, 0.25) is 5.02 Å². The minimum Gasteiger partial charge on any atom is -0.378 e. The number of halogens is 1. The Balaban J connectivity index is 1.54. The zero-order valence-corrected chi connectivity index (χ0v) is 16.1. The molecule has 1 aromatic heterocycles. The Morgan fingerprint density at radius 2 is 1.89 bits per heavy atom. The van der Waals surface area contributed by atoms with Crippen LogP contribution >= 0.6 is 11.6 Å². The van der Waals surface area contributed by atoms with E-state index in [0.29, 0.717) is 41.2 Å². The second kappa shape index (κ2) is 8.00. The minimum absolute atomic E-state index is 0.218. The second-order valence-electron chi connectivity index (χ2n) is 6.41. The molecule has 1 amide bonds. The lowest BCUT2D eigenvalue weighted by molar-refractivity contribution is 0.102. The van der Waals surface area contributed by atoms with Crippen molar-refractivity contribution in [2.45, 2.75) is 6.92 Å². The van der Waals surface area contributed by atoms with Crippen molar-refractivity contribution in [2.24, 2.45) is 0 Å². The number of aromatic nitrogens is 2. The number of hydrogen-bond acceptors (Lipinski definition) is 6. The van der Waals surface area contributed by atoms with Crippen molar-refractivity contribution in [3.63, 3.8) is 0 Å². The molecule has 3 aromatic rings. The molecule has 0 saturated carbocycles. The van der Waals surface area contributed by atoms with Gasteiger partial charge in [0.1, 0.15) is 0 Å². The molecular formula is C20H19ClN4O3. The molecule has 8 heteroatoms. The Morgan fingerprint density at radius 1 is 1.14 bits per heavy atom. The van der Waals surface area contributed by atoms with E-state index >= 15 is 0 Å². The van der Waals surface area contributed by atoms with Gasteiger partial charge < -0.3 is 19.5 Å². The molecule has 4 rings (SSSR count). The zero-order chi connectivity index (χ0) is 19.5. The molecule has 0 bridgehead atoms. The van der Waals surface area contributed by atoms with Crippen molar-refractivity contribution in [3.8, 4) is 11.5 Å². The van der Waals surface area contributed by atoms with E-state index in [0.717, 1.165) is 24.3 Å². The van der Waals surface area contributed by atoms with Crippen LogP contribution in [0.3, 0.4) is 0 Å². The van der Waals surface area contributed by atoms with Crippen LogP contribution < -0.4 is 10.2 Å². The van der Waals surface area contributed by atoms with E-state index in [2.05, 4.69) is 20.4 Å². The van der Waals surface area contributed by atoms with Gasteiger partial charge in [0.05, 0.1) is 29.6 Å². The van der Waals surface area contributed by atoms with Gasteiger partial charge in [-0.15, -0.1) is 0 Å². The molecule has 7 nitrogen and oxygen atoms in total. The lowest BCUT2D eigenvalue weighted by atomic mass is 10.1. The van der Waals surface area contributed by atoms with Crippen LogP contribution in [-0.2, 0) is 4.74 Å². The summed E-state index contributed by atoms with van der Waals surface area (Å²) in [5.41, 5.74) is 2.77.